The van der Waals surface area contributed by atoms with E-state index in [4.69, 9.17) is 9.94 Å². The number of hydrogen-bond acceptors (Lipinski definition) is 3. The summed E-state index contributed by atoms with van der Waals surface area (Å²) < 4.78 is 0. The fourth-order valence-corrected chi connectivity index (χ4v) is 1.39. The van der Waals surface area contributed by atoms with Gasteiger partial charge in [-0.3, -0.25) is 14.4 Å². The second-order valence-electron chi connectivity index (χ2n) is 3.90. The third-order valence-electron chi connectivity index (χ3n) is 2.31. The fourth-order valence-electron chi connectivity index (χ4n) is 1.39. The van der Waals surface area contributed by atoms with E-state index in [0.29, 0.717) is 19.4 Å². The molecule has 0 unspecified atom stereocenters. The zero-order chi connectivity index (χ0) is 13.2. The number of unbranched alkanes of at least 4 members (excludes halogenated alkanes) is 1. The molecule has 0 radical (unpaired) electrons. The van der Waals surface area contributed by atoms with E-state index < -0.39 is 5.97 Å². The third kappa shape index (κ3) is 6.65. The Bertz CT molecular complexity index is 378. The Kier molecular flexibility index (Phi) is 6.50. The molecule has 1 amide bonds. The Hall–Kier alpha value is -1.88. The number of carboxylic acids is 1. The highest BCUT2D eigenvalue weighted by Gasteiger charge is 2.02. The summed E-state index contributed by atoms with van der Waals surface area (Å²) in [6.45, 7) is 0.321. The number of hydroxylamine groups is 1. The van der Waals surface area contributed by atoms with Crippen molar-refractivity contribution in [1.82, 2.24) is 5.48 Å². The maximum Gasteiger partial charge on any atom is 0.303 e. The molecule has 0 aliphatic carbocycles. The van der Waals surface area contributed by atoms with Gasteiger partial charge in [-0.05, 0) is 18.4 Å². The van der Waals surface area contributed by atoms with Crippen LogP contribution in [-0.4, -0.2) is 17.0 Å². The molecular formula is C13H17NO4. The molecule has 0 aromatic heterocycles. The summed E-state index contributed by atoms with van der Waals surface area (Å²) in [7, 11) is 0. The van der Waals surface area contributed by atoms with Crippen molar-refractivity contribution in [2.45, 2.75) is 32.3 Å². The molecule has 1 aromatic carbocycles. The topological polar surface area (TPSA) is 75.6 Å². The minimum absolute atomic E-state index is 0.0954. The number of carbonyl (C=O) groups is 2. The van der Waals surface area contributed by atoms with Crippen molar-refractivity contribution in [1.29, 1.82) is 0 Å². The van der Waals surface area contributed by atoms with E-state index >= 15 is 0 Å². The lowest BCUT2D eigenvalue weighted by Crippen LogP contribution is -2.23. The van der Waals surface area contributed by atoms with Gasteiger partial charge in [0.05, 0.1) is 6.61 Å². The number of aliphatic carboxylic acids is 1. The van der Waals surface area contributed by atoms with Gasteiger partial charge < -0.3 is 5.11 Å². The summed E-state index contributed by atoms with van der Waals surface area (Å²) in [5.41, 5.74) is 3.31. The molecule has 0 aliphatic heterocycles. The zero-order valence-electron chi connectivity index (χ0n) is 10.1. The summed E-state index contributed by atoms with van der Waals surface area (Å²) in [6.07, 6.45) is 1.43. The van der Waals surface area contributed by atoms with Gasteiger partial charge in [0.15, 0.2) is 0 Å². The van der Waals surface area contributed by atoms with E-state index in [2.05, 4.69) is 5.48 Å². The minimum Gasteiger partial charge on any atom is -0.481 e. The molecule has 1 rings (SSSR count). The van der Waals surface area contributed by atoms with Crippen LogP contribution in [0.3, 0.4) is 0 Å². The lowest BCUT2D eigenvalue weighted by Gasteiger charge is -2.05. The van der Waals surface area contributed by atoms with Crippen molar-refractivity contribution >= 4 is 11.9 Å². The average Bonchev–Trinajstić information content (AvgIpc) is 2.36. The molecule has 5 nitrogen and oxygen atoms in total. The summed E-state index contributed by atoms with van der Waals surface area (Å²) in [5, 5.41) is 8.42. The highest BCUT2D eigenvalue weighted by Crippen LogP contribution is 2.01. The van der Waals surface area contributed by atoms with E-state index in [1.807, 2.05) is 30.3 Å². The third-order valence-corrected chi connectivity index (χ3v) is 2.31. The Morgan fingerprint density at radius 1 is 1.11 bits per heavy atom. The van der Waals surface area contributed by atoms with E-state index in [1.165, 1.54) is 0 Å². The SMILES string of the molecule is O=C(O)CCCCC(=O)NOCc1ccccc1. The van der Waals surface area contributed by atoms with E-state index in [-0.39, 0.29) is 18.7 Å². The molecule has 0 bridgehead atoms. The van der Waals surface area contributed by atoms with Crippen LogP contribution in [0.15, 0.2) is 30.3 Å². The monoisotopic (exact) mass is 251 g/mol. The summed E-state index contributed by atoms with van der Waals surface area (Å²) in [5.74, 6) is -1.06. The predicted octanol–water partition coefficient (Wildman–Crippen LogP) is 1.88. The summed E-state index contributed by atoms with van der Waals surface area (Å²) >= 11 is 0. The molecule has 0 fully saturated rings. The quantitative estimate of drug-likeness (QED) is 0.546. The number of hydrogen-bond donors (Lipinski definition) is 2. The summed E-state index contributed by atoms with van der Waals surface area (Å²) in [4.78, 5) is 26.6. The largest absolute Gasteiger partial charge is 0.481 e. The van der Waals surface area contributed by atoms with Crippen molar-refractivity contribution in [2.75, 3.05) is 0 Å². The Morgan fingerprint density at radius 3 is 2.44 bits per heavy atom. The molecule has 0 spiro atoms. The van der Waals surface area contributed by atoms with Crippen molar-refractivity contribution in [3.05, 3.63) is 35.9 Å². The Balaban J connectivity index is 2.05. The zero-order valence-corrected chi connectivity index (χ0v) is 10.1. The minimum atomic E-state index is -0.837. The highest BCUT2D eigenvalue weighted by molar-refractivity contribution is 5.74. The van der Waals surface area contributed by atoms with Gasteiger partial charge in [-0.2, -0.15) is 0 Å². The molecule has 5 heteroatoms. The Labute approximate surface area is 106 Å². The second-order valence-corrected chi connectivity index (χ2v) is 3.90. The first-order chi connectivity index (χ1) is 8.68. The van der Waals surface area contributed by atoms with E-state index in [0.717, 1.165) is 5.56 Å². The number of amides is 1. The van der Waals surface area contributed by atoms with Gasteiger partial charge in [0, 0.05) is 12.8 Å². The van der Waals surface area contributed by atoms with Gasteiger partial charge in [0.25, 0.3) is 0 Å². The first-order valence-corrected chi connectivity index (χ1v) is 5.85. The lowest BCUT2D eigenvalue weighted by molar-refractivity contribution is -0.138. The van der Waals surface area contributed by atoms with Crippen LogP contribution in [0.5, 0.6) is 0 Å². The van der Waals surface area contributed by atoms with Gasteiger partial charge in [0.2, 0.25) is 5.91 Å². The summed E-state index contributed by atoms with van der Waals surface area (Å²) in [6, 6.07) is 9.50. The van der Waals surface area contributed by atoms with Crippen LogP contribution in [0.4, 0.5) is 0 Å². The molecule has 0 aliphatic rings. The molecule has 0 atom stereocenters. The van der Waals surface area contributed by atoms with Crippen molar-refractivity contribution < 1.29 is 19.5 Å². The van der Waals surface area contributed by atoms with Crippen LogP contribution in [-0.2, 0) is 21.0 Å². The van der Waals surface area contributed by atoms with Crippen LogP contribution in [0.25, 0.3) is 0 Å². The van der Waals surface area contributed by atoms with Crippen LogP contribution in [0.1, 0.15) is 31.2 Å². The molecular weight excluding hydrogens is 234 g/mol. The van der Waals surface area contributed by atoms with E-state index in [1.54, 1.807) is 0 Å². The van der Waals surface area contributed by atoms with Crippen LogP contribution in [0.2, 0.25) is 0 Å². The van der Waals surface area contributed by atoms with Gasteiger partial charge >= 0.3 is 5.97 Å². The van der Waals surface area contributed by atoms with Crippen LogP contribution >= 0.6 is 0 Å². The van der Waals surface area contributed by atoms with Gasteiger partial charge in [-0.25, -0.2) is 5.48 Å². The maximum atomic E-state index is 11.3. The van der Waals surface area contributed by atoms with Crippen LogP contribution in [0, 0.1) is 0 Å². The van der Waals surface area contributed by atoms with Gasteiger partial charge in [0.1, 0.15) is 0 Å². The number of benzene rings is 1. The number of nitrogens with one attached hydrogen (secondary N) is 1. The van der Waals surface area contributed by atoms with Crippen molar-refractivity contribution in [3.8, 4) is 0 Å². The first kappa shape index (κ1) is 14.2. The van der Waals surface area contributed by atoms with Crippen molar-refractivity contribution in [2.24, 2.45) is 0 Å². The molecule has 2 N–H and O–H groups in total. The Morgan fingerprint density at radius 2 is 1.78 bits per heavy atom. The van der Waals surface area contributed by atoms with Gasteiger partial charge in [-0.1, -0.05) is 30.3 Å². The molecule has 0 heterocycles. The standard InChI is InChI=1S/C13H17NO4/c15-12(8-4-5-9-13(16)17)14-18-10-11-6-2-1-3-7-11/h1-3,6-7H,4-5,8-10H2,(H,14,15)(H,16,17). The number of carbonyl (C=O) groups excluding carboxylic acids is 1. The fraction of sp³-hybridized carbons (Fsp3) is 0.385. The average molecular weight is 251 g/mol. The molecule has 0 saturated carbocycles. The predicted molar refractivity (Wildman–Crippen MR) is 65.5 cm³/mol. The number of carboxylic acid groups (broad SMARTS) is 1. The second kappa shape index (κ2) is 8.25. The maximum absolute atomic E-state index is 11.3. The van der Waals surface area contributed by atoms with Crippen molar-refractivity contribution in [3.63, 3.8) is 0 Å². The van der Waals surface area contributed by atoms with E-state index in [9.17, 15) is 9.59 Å². The highest BCUT2D eigenvalue weighted by atomic mass is 16.6. The molecule has 18 heavy (non-hydrogen) atoms. The molecule has 0 saturated heterocycles. The van der Waals surface area contributed by atoms with Crippen LogP contribution < -0.4 is 5.48 Å². The number of rotatable bonds is 8. The smallest absolute Gasteiger partial charge is 0.303 e. The van der Waals surface area contributed by atoms with Gasteiger partial charge in [-0.15, -0.1) is 0 Å². The molecule has 98 valence electrons. The molecule has 1 aromatic rings. The first-order valence-electron chi connectivity index (χ1n) is 5.85. The normalized spacial score (nSPS) is 10.0. The lowest BCUT2D eigenvalue weighted by atomic mass is 10.2.